The zero-order valence-corrected chi connectivity index (χ0v) is 9.40. The lowest BCUT2D eigenvalue weighted by atomic mass is 9.98. The fourth-order valence-corrected chi connectivity index (χ4v) is 1.94. The van der Waals surface area contributed by atoms with Gasteiger partial charge in [0, 0.05) is 26.1 Å². The molecule has 2 aliphatic heterocycles. The third-order valence-corrected chi connectivity index (χ3v) is 3.01. The topological polar surface area (TPSA) is 96.9 Å². The van der Waals surface area contributed by atoms with Crippen LogP contribution in [0.4, 0.5) is 0 Å². The van der Waals surface area contributed by atoms with E-state index in [1.54, 1.807) is 0 Å². The molecule has 2 saturated heterocycles. The fourth-order valence-electron chi connectivity index (χ4n) is 1.94. The van der Waals surface area contributed by atoms with Crippen molar-refractivity contribution in [3.63, 3.8) is 0 Å². The molecule has 2 atom stereocenters. The number of aliphatic carboxylic acids is 1. The highest BCUT2D eigenvalue weighted by Gasteiger charge is 2.45. The first-order valence-corrected chi connectivity index (χ1v) is 5.59. The zero-order chi connectivity index (χ0) is 12.3. The second-order valence-electron chi connectivity index (χ2n) is 4.24. The SMILES string of the molecule is O=C(NC1(C(=O)O)CCOC1)C1CNCCO1. The monoisotopic (exact) mass is 244 g/mol. The van der Waals surface area contributed by atoms with Crippen molar-refractivity contribution in [3.8, 4) is 0 Å². The Balaban J connectivity index is 1.98. The standard InChI is InChI=1S/C10H16N2O5/c13-8(7-5-11-2-4-17-7)12-10(9(14)15)1-3-16-6-10/h7,11H,1-6H2,(H,12,13)(H,14,15). The summed E-state index contributed by atoms with van der Waals surface area (Å²) in [7, 11) is 0. The molecule has 2 fully saturated rings. The second-order valence-corrected chi connectivity index (χ2v) is 4.24. The van der Waals surface area contributed by atoms with Crippen molar-refractivity contribution in [1.29, 1.82) is 0 Å². The number of amides is 1. The minimum atomic E-state index is -1.29. The number of nitrogens with one attached hydrogen (secondary N) is 2. The Morgan fingerprint density at radius 1 is 1.41 bits per heavy atom. The van der Waals surface area contributed by atoms with E-state index >= 15 is 0 Å². The molecule has 3 N–H and O–H groups in total. The van der Waals surface area contributed by atoms with Crippen LogP contribution < -0.4 is 10.6 Å². The van der Waals surface area contributed by atoms with Gasteiger partial charge in [0.05, 0.1) is 13.2 Å². The van der Waals surface area contributed by atoms with Gasteiger partial charge in [-0.15, -0.1) is 0 Å². The number of carboxylic acids is 1. The molecule has 7 heteroatoms. The summed E-state index contributed by atoms with van der Waals surface area (Å²) in [6.07, 6.45) is -0.339. The van der Waals surface area contributed by atoms with Crippen molar-refractivity contribution in [3.05, 3.63) is 0 Å². The van der Waals surface area contributed by atoms with Gasteiger partial charge < -0.3 is 25.2 Å². The molecular formula is C10H16N2O5. The van der Waals surface area contributed by atoms with Crippen molar-refractivity contribution in [2.24, 2.45) is 0 Å². The van der Waals surface area contributed by atoms with Gasteiger partial charge in [-0.1, -0.05) is 0 Å². The molecule has 1 amide bonds. The van der Waals surface area contributed by atoms with Crippen LogP contribution in [0.3, 0.4) is 0 Å². The first-order valence-electron chi connectivity index (χ1n) is 5.59. The first-order chi connectivity index (χ1) is 8.14. The largest absolute Gasteiger partial charge is 0.479 e. The molecule has 17 heavy (non-hydrogen) atoms. The van der Waals surface area contributed by atoms with Crippen LogP contribution in [-0.4, -0.2) is 61.5 Å². The van der Waals surface area contributed by atoms with Gasteiger partial charge in [-0.25, -0.2) is 4.79 Å². The van der Waals surface area contributed by atoms with Gasteiger partial charge in [-0.3, -0.25) is 4.79 Å². The summed E-state index contributed by atoms with van der Waals surface area (Å²) in [5.74, 6) is -1.46. The summed E-state index contributed by atoms with van der Waals surface area (Å²) in [6.45, 7) is 1.92. The van der Waals surface area contributed by atoms with E-state index in [4.69, 9.17) is 14.6 Å². The number of carboxylic acid groups (broad SMARTS) is 1. The van der Waals surface area contributed by atoms with Gasteiger partial charge >= 0.3 is 5.97 Å². The van der Waals surface area contributed by atoms with Crippen molar-refractivity contribution < 1.29 is 24.2 Å². The van der Waals surface area contributed by atoms with E-state index in [0.29, 0.717) is 26.3 Å². The van der Waals surface area contributed by atoms with Gasteiger partial charge in [0.15, 0.2) is 5.54 Å². The second kappa shape index (κ2) is 4.99. The Kier molecular flexibility index (Phi) is 3.60. The van der Waals surface area contributed by atoms with Crippen LogP contribution in [0.1, 0.15) is 6.42 Å². The highest BCUT2D eigenvalue weighted by molar-refractivity contribution is 5.89. The Hall–Kier alpha value is -1.18. The molecule has 2 heterocycles. The number of carbonyl (C=O) groups excluding carboxylic acids is 1. The van der Waals surface area contributed by atoms with Gasteiger partial charge in [0.1, 0.15) is 6.10 Å². The van der Waals surface area contributed by atoms with Gasteiger partial charge in [0.2, 0.25) is 0 Å². The molecule has 7 nitrogen and oxygen atoms in total. The zero-order valence-electron chi connectivity index (χ0n) is 9.40. The average molecular weight is 244 g/mol. The maximum absolute atomic E-state index is 11.9. The highest BCUT2D eigenvalue weighted by Crippen LogP contribution is 2.19. The van der Waals surface area contributed by atoms with Crippen LogP contribution in [0, 0.1) is 0 Å². The van der Waals surface area contributed by atoms with E-state index < -0.39 is 23.5 Å². The smallest absolute Gasteiger partial charge is 0.331 e. The Bertz CT molecular complexity index is 308. The van der Waals surface area contributed by atoms with Crippen LogP contribution in [0.2, 0.25) is 0 Å². The minimum Gasteiger partial charge on any atom is -0.479 e. The lowest BCUT2D eigenvalue weighted by Crippen LogP contribution is -2.59. The van der Waals surface area contributed by atoms with Crippen molar-refractivity contribution in [1.82, 2.24) is 10.6 Å². The fraction of sp³-hybridized carbons (Fsp3) is 0.800. The number of hydrogen-bond donors (Lipinski definition) is 3. The molecule has 0 saturated carbocycles. The molecule has 0 aliphatic carbocycles. The molecule has 0 aromatic heterocycles. The highest BCUT2D eigenvalue weighted by atomic mass is 16.5. The number of morpholine rings is 1. The Labute approximate surface area is 98.5 Å². The number of hydrogen-bond acceptors (Lipinski definition) is 5. The minimum absolute atomic E-state index is 0.00816. The van der Waals surface area contributed by atoms with E-state index in [2.05, 4.69) is 10.6 Å². The van der Waals surface area contributed by atoms with E-state index in [9.17, 15) is 9.59 Å². The van der Waals surface area contributed by atoms with E-state index in [-0.39, 0.29) is 13.0 Å². The molecule has 0 aromatic rings. The maximum Gasteiger partial charge on any atom is 0.331 e. The van der Waals surface area contributed by atoms with E-state index in [1.165, 1.54) is 0 Å². The summed E-state index contributed by atoms with van der Waals surface area (Å²) in [4.78, 5) is 23.1. The summed E-state index contributed by atoms with van der Waals surface area (Å²) in [6, 6.07) is 0. The summed E-state index contributed by atoms with van der Waals surface area (Å²) in [5.41, 5.74) is -1.29. The lowest BCUT2D eigenvalue weighted by Gasteiger charge is -2.28. The van der Waals surface area contributed by atoms with Crippen LogP contribution in [-0.2, 0) is 19.1 Å². The third kappa shape index (κ3) is 2.56. The molecular weight excluding hydrogens is 228 g/mol. The van der Waals surface area contributed by atoms with Crippen LogP contribution in [0.5, 0.6) is 0 Å². The number of ether oxygens (including phenoxy) is 2. The van der Waals surface area contributed by atoms with Gasteiger partial charge in [-0.05, 0) is 0 Å². The summed E-state index contributed by atoms with van der Waals surface area (Å²) in [5, 5.41) is 14.7. The molecule has 0 bridgehead atoms. The summed E-state index contributed by atoms with van der Waals surface area (Å²) >= 11 is 0. The predicted molar refractivity (Wildman–Crippen MR) is 56.6 cm³/mol. The predicted octanol–water partition coefficient (Wildman–Crippen LogP) is -1.67. The quantitative estimate of drug-likeness (QED) is 0.549. The third-order valence-electron chi connectivity index (χ3n) is 3.01. The van der Waals surface area contributed by atoms with Crippen LogP contribution in [0.15, 0.2) is 0 Å². The van der Waals surface area contributed by atoms with Crippen LogP contribution >= 0.6 is 0 Å². The van der Waals surface area contributed by atoms with Crippen molar-refractivity contribution in [2.45, 2.75) is 18.1 Å². The summed E-state index contributed by atoms with van der Waals surface area (Å²) < 4.78 is 10.3. The van der Waals surface area contributed by atoms with Gasteiger partial charge in [0.25, 0.3) is 5.91 Å². The van der Waals surface area contributed by atoms with Crippen molar-refractivity contribution in [2.75, 3.05) is 32.9 Å². The molecule has 2 rings (SSSR count). The number of carbonyl (C=O) groups is 2. The molecule has 0 radical (unpaired) electrons. The molecule has 0 aromatic carbocycles. The Morgan fingerprint density at radius 2 is 2.24 bits per heavy atom. The van der Waals surface area contributed by atoms with Crippen molar-refractivity contribution >= 4 is 11.9 Å². The van der Waals surface area contributed by atoms with Gasteiger partial charge in [-0.2, -0.15) is 0 Å². The molecule has 0 spiro atoms. The lowest BCUT2D eigenvalue weighted by molar-refractivity contribution is -0.150. The normalized spacial score (nSPS) is 33.3. The van der Waals surface area contributed by atoms with E-state index in [0.717, 1.165) is 0 Å². The molecule has 2 aliphatic rings. The first kappa shape index (κ1) is 12.3. The Morgan fingerprint density at radius 3 is 2.76 bits per heavy atom. The maximum atomic E-state index is 11.9. The number of rotatable bonds is 3. The molecule has 2 unspecified atom stereocenters. The van der Waals surface area contributed by atoms with Crippen LogP contribution in [0.25, 0.3) is 0 Å². The molecule has 96 valence electrons. The average Bonchev–Trinajstić information content (AvgIpc) is 2.80. The van der Waals surface area contributed by atoms with E-state index in [1.807, 2.05) is 0 Å².